The van der Waals surface area contributed by atoms with Gasteiger partial charge in [0.1, 0.15) is 0 Å². The molecule has 1 aliphatic rings. The summed E-state index contributed by atoms with van der Waals surface area (Å²) in [6.45, 7) is 5.25. The van der Waals surface area contributed by atoms with Crippen LogP contribution in [0.4, 0.5) is 0 Å². The molecule has 1 unspecified atom stereocenters. The fourth-order valence-corrected chi connectivity index (χ4v) is 2.67. The Bertz CT molecular complexity index is 507. The van der Waals surface area contributed by atoms with Gasteiger partial charge in [0.25, 0.3) is 0 Å². The van der Waals surface area contributed by atoms with E-state index in [0.717, 1.165) is 5.56 Å². The van der Waals surface area contributed by atoms with E-state index in [9.17, 15) is 9.59 Å². The van der Waals surface area contributed by atoms with Gasteiger partial charge in [0, 0.05) is 19.5 Å². The van der Waals surface area contributed by atoms with Crippen molar-refractivity contribution in [2.24, 2.45) is 5.92 Å². The molecule has 0 saturated carbocycles. The molecule has 1 atom stereocenters. The van der Waals surface area contributed by atoms with Crippen molar-refractivity contribution >= 4 is 11.9 Å². The quantitative estimate of drug-likeness (QED) is 0.906. The van der Waals surface area contributed by atoms with Crippen molar-refractivity contribution in [2.75, 3.05) is 13.1 Å². The minimum absolute atomic E-state index is 0.0617. The highest BCUT2D eigenvalue weighted by molar-refractivity contribution is 5.78. The molecular weight excluding hydrogens is 266 g/mol. The highest BCUT2D eigenvalue weighted by Crippen LogP contribution is 2.19. The Morgan fingerprint density at radius 2 is 1.95 bits per heavy atom. The molecule has 0 bridgehead atoms. The number of hydrogen-bond acceptors (Lipinski definition) is 2. The van der Waals surface area contributed by atoms with Crippen LogP contribution in [0.15, 0.2) is 24.3 Å². The van der Waals surface area contributed by atoms with Gasteiger partial charge in [-0.2, -0.15) is 0 Å². The van der Waals surface area contributed by atoms with E-state index in [1.807, 2.05) is 0 Å². The summed E-state index contributed by atoms with van der Waals surface area (Å²) in [6.07, 6.45) is 1.74. The van der Waals surface area contributed by atoms with Crippen LogP contribution < -0.4 is 0 Å². The van der Waals surface area contributed by atoms with Crippen molar-refractivity contribution in [3.63, 3.8) is 0 Å². The summed E-state index contributed by atoms with van der Waals surface area (Å²) < 4.78 is 0. The normalized spacial score (nSPS) is 18.2. The number of aryl methyl sites for hydroxylation is 1. The first-order valence-corrected chi connectivity index (χ1v) is 7.56. The maximum absolute atomic E-state index is 12.1. The number of carboxylic acids is 1. The Labute approximate surface area is 125 Å². The number of aliphatic carboxylic acids is 1. The number of nitrogens with zero attached hydrogens (tertiary/aromatic N) is 1. The zero-order chi connectivity index (χ0) is 15.4. The smallest absolute Gasteiger partial charge is 0.308 e. The fraction of sp³-hybridized carbons (Fsp3) is 0.529. The highest BCUT2D eigenvalue weighted by Gasteiger charge is 2.30. The number of carbonyl (C=O) groups is 2. The molecule has 1 saturated heterocycles. The van der Waals surface area contributed by atoms with Gasteiger partial charge in [-0.3, -0.25) is 9.59 Å². The number of rotatable bonds is 5. The third-order valence-corrected chi connectivity index (χ3v) is 4.16. The average Bonchev–Trinajstić information content (AvgIpc) is 2.95. The van der Waals surface area contributed by atoms with Gasteiger partial charge < -0.3 is 10.0 Å². The molecule has 0 aromatic heterocycles. The lowest BCUT2D eigenvalue weighted by atomic mass is 10.0. The molecule has 1 aliphatic heterocycles. The third kappa shape index (κ3) is 4.06. The molecule has 0 radical (unpaired) electrons. The van der Waals surface area contributed by atoms with E-state index in [-0.39, 0.29) is 11.8 Å². The molecule has 1 amide bonds. The Kier molecular flexibility index (Phi) is 4.99. The first kappa shape index (κ1) is 15.5. The lowest BCUT2D eigenvalue weighted by Crippen LogP contribution is -2.30. The van der Waals surface area contributed by atoms with Gasteiger partial charge in [-0.05, 0) is 29.9 Å². The Morgan fingerprint density at radius 3 is 2.48 bits per heavy atom. The molecule has 0 spiro atoms. The van der Waals surface area contributed by atoms with E-state index < -0.39 is 5.97 Å². The average molecular weight is 289 g/mol. The maximum Gasteiger partial charge on any atom is 0.308 e. The number of carboxylic acid groups (broad SMARTS) is 1. The van der Waals surface area contributed by atoms with Crippen molar-refractivity contribution in [1.29, 1.82) is 0 Å². The van der Waals surface area contributed by atoms with E-state index in [1.54, 1.807) is 4.90 Å². The van der Waals surface area contributed by atoms with Gasteiger partial charge in [-0.15, -0.1) is 0 Å². The molecule has 1 N–H and O–H groups in total. The number of amides is 1. The van der Waals surface area contributed by atoms with E-state index >= 15 is 0 Å². The van der Waals surface area contributed by atoms with Gasteiger partial charge >= 0.3 is 5.97 Å². The van der Waals surface area contributed by atoms with E-state index in [1.165, 1.54) is 5.56 Å². The minimum Gasteiger partial charge on any atom is -0.481 e. The second kappa shape index (κ2) is 6.74. The van der Waals surface area contributed by atoms with Crippen molar-refractivity contribution < 1.29 is 14.7 Å². The van der Waals surface area contributed by atoms with Gasteiger partial charge in [-0.25, -0.2) is 0 Å². The minimum atomic E-state index is -0.797. The summed E-state index contributed by atoms with van der Waals surface area (Å²) in [4.78, 5) is 24.7. The number of carbonyl (C=O) groups excluding carboxylic acids is 1. The second-order valence-corrected chi connectivity index (χ2v) is 6.06. The summed E-state index contributed by atoms with van der Waals surface area (Å²) in [5.74, 6) is -0.612. The first-order chi connectivity index (χ1) is 9.97. The number of benzene rings is 1. The monoisotopic (exact) mass is 289 g/mol. The Hall–Kier alpha value is -1.84. The van der Waals surface area contributed by atoms with Crippen molar-refractivity contribution in [2.45, 2.75) is 39.0 Å². The van der Waals surface area contributed by atoms with Crippen LogP contribution in [0.5, 0.6) is 0 Å². The second-order valence-electron chi connectivity index (χ2n) is 6.06. The van der Waals surface area contributed by atoms with Crippen molar-refractivity contribution in [3.05, 3.63) is 35.4 Å². The lowest BCUT2D eigenvalue weighted by Gasteiger charge is -2.15. The van der Waals surface area contributed by atoms with E-state index in [2.05, 4.69) is 38.1 Å². The predicted molar refractivity (Wildman–Crippen MR) is 81.2 cm³/mol. The Balaban J connectivity index is 1.83. The molecule has 0 aliphatic carbocycles. The van der Waals surface area contributed by atoms with Crippen LogP contribution in [0, 0.1) is 5.92 Å². The lowest BCUT2D eigenvalue weighted by molar-refractivity contribution is -0.141. The van der Waals surface area contributed by atoms with Crippen LogP contribution in [-0.2, 0) is 16.0 Å². The fourth-order valence-electron chi connectivity index (χ4n) is 2.67. The molecule has 21 heavy (non-hydrogen) atoms. The SMILES string of the molecule is CC(C)c1ccc(CCC(=O)N2CCC(C(=O)O)C2)cc1. The van der Waals surface area contributed by atoms with Gasteiger partial charge in [-0.1, -0.05) is 38.1 Å². The van der Waals surface area contributed by atoms with Crippen molar-refractivity contribution in [3.8, 4) is 0 Å². The molecule has 4 nitrogen and oxygen atoms in total. The summed E-state index contributed by atoms with van der Waals surface area (Å²) in [5, 5.41) is 8.95. The molecule has 1 fully saturated rings. The van der Waals surface area contributed by atoms with Gasteiger partial charge in [0.15, 0.2) is 0 Å². The number of hydrogen-bond donors (Lipinski definition) is 1. The van der Waals surface area contributed by atoms with Crippen LogP contribution in [0.3, 0.4) is 0 Å². The first-order valence-electron chi connectivity index (χ1n) is 7.56. The zero-order valence-corrected chi connectivity index (χ0v) is 12.7. The van der Waals surface area contributed by atoms with Crippen LogP contribution in [0.1, 0.15) is 43.7 Å². The van der Waals surface area contributed by atoms with Crippen LogP contribution in [-0.4, -0.2) is 35.0 Å². The summed E-state index contributed by atoms with van der Waals surface area (Å²) >= 11 is 0. The van der Waals surface area contributed by atoms with Gasteiger partial charge in [0.05, 0.1) is 5.92 Å². The third-order valence-electron chi connectivity index (χ3n) is 4.16. The van der Waals surface area contributed by atoms with Crippen LogP contribution >= 0.6 is 0 Å². The molecule has 4 heteroatoms. The molecule has 114 valence electrons. The maximum atomic E-state index is 12.1. The van der Waals surface area contributed by atoms with Crippen LogP contribution in [0.2, 0.25) is 0 Å². The molecule has 1 aromatic carbocycles. The van der Waals surface area contributed by atoms with Crippen LogP contribution in [0.25, 0.3) is 0 Å². The largest absolute Gasteiger partial charge is 0.481 e. The predicted octanol–water partition coefficient (Wildman–Crippen LogP) is 2.68. The molecule has 1 aromatic rings. The van der Waals surface area contributed by atoms with E-state index in [4.69, 9.17) is 5.11 Å². The summed E-state index contributed by atoms with van der Waals surface area (Å²) in [5.41, 5.74) is 2.45. The molecule has 2 rings (SSSR count). The van der Waals surface area contributed by atoms with Gasteiger partial charge in [0.2, 0.25) is 5.91 Å². The standard InChI is InChI=1S/C17H23NO3/c1-12(2)14-6-3-13(4-7-14)5-8-16(19)18-10-9-15(11-18)17(20)21/h3-4,6-7,12,15H,5,8-11H2,1-2H3,(H,20,21). The zero-order valence-electron chi connectivity index (χ0n) is 12.7. The van der Waals surface area contributed by atoms with Crippen molar-refractivity contribution in [1.82, 2.24) is 4.90 Å². The topological polar surface area (TPSA) is 57.6 Å². The summed E-state index contributed by atoms with van der Waals surface area (Å²) in [7, 11) is 0. The summed E-state index contributed by atoms with van der Waals surface area (Å²) in [6, 6.07) is 8.38. The highest BCUT2D eigenvalue weighted by atomic mass is 16.4. The Morgan fingerprint density at radius 1 is 1.29 bits per heavy atom. The van der Waals surface area contributed by atoms with E-state index in [0.29, 0.717) is 38.3 Å². The molecule has 1 heterocycles. The molecular formula is C17H23NO3. The number of likely N-dealkylation sites (tertiary alicyclic amines) is 1.